The van der Waals surface area contributed by atoms with Crippen LogP contribution in [0.4, 0.5) is 0 Å². The topological polar surface area (TPSA) is 49.6 Å². The molecule has 2 aliphatic heterocycles. The van der Waals surface area contributed by atoms with E-state index in [4.69, 9.17) is 0 Å². The van der Waals surface area contributed by atoms with Crippen LogP contribution in [-0.4, -0.2) is 46.4 Å². The second-order valence-electron chi connectivity index (χ2n) is 7.16. The molecular weight excluding hydrogens is 288 g/mol. The van der Waals surface area contributed by atoms with Gasteiger partial charge in [0.1, 0.15) is 5.65 Å². The molecule has 0 saturated carbocycles. The number of aryl methyl sites for hydroxylation is 1. The number of carbonyl (C=O) groups is 1. The fourth-order valence-corrected chi connectivity index (χ4v) is 4.13. The van der Waals surface area contributed by atoms with Crippen LogP contribution in [0.1, 0.15) is 30.5 Å². The van der Waals surface area contributed by atoms with Crippen molar-refractivity contribution in [3.63, 3.8) is 0 Å². The van der Waals surface area contributed by atoms with Crippen molar-refractivity contribution in [1.82, 2.24) is 19.6 Å². The average Bonchev–Trinajstić information content (AvgIpc) is 3.15. The Hall–Kier alpha value is -1.88. The lowest BCUT2D eigenvalue weighted by Gasteiger charge is -2.33. The zero-order chi connectivity index (χ0) is 15.9. The fourth-order valence-electron chi connectivity index (χ4n) is 4.13. The summed E-state index contributed by atoms with van der Waals surface area (Å²) in [5, 5.41) is 3.50. The largest absolute Gasteiger partial charge is 0.342 e. The highest BCUT2D eigenvalue weighted by molar-refractivity contribution is 5.79. The van der Waals surface area contributed by atoms with E-state index in [1.807, 2.05) is 35.9 Å². The molecule has 2 saturated heterocycles. The van der Waals surface area contributed by atoms with Crippen molar-refractivity contribution >= 4 is 11.6 Å². The quantitative estimate of drug-likeness (QED) is 0.920. The molecule has 1 N–H and O–H groups in total. The zero-order valence-corrected chi connectivity index (χ0v) is 13.7. The Kier molecular flexibility index (Phi) is 3.60. The van der Waals surface area contributed by atoms with Gasteiger partial charge in [0.2, 0.25) is 5.91 Å². The Morgan fingerprint density at radius 2 is 2.35 bits per heavy atom. The molecule has 0 radical (unpaired) electrons. The second-order valence-corrected chi connectivity index (χ2v) is 7.16. The number of aromatic nitrogens is 2. The molecule has 2 aliphatic rings. The van der Waals surface area contributed by atoms with Crippen molar-refractivity contribution < 1.29 is 4.79 Å². The summed E-state index contributed by atoms with van der Waals surface area (Å²) < 4.78 is 2.04. The number of hydrogen-bond acceptors (Lipinski definition) is 3. The Labute approximate surface area is 136 Å². The van der Waals surface area contributed by atoms with Crippen LogP contribution < -0.4 is 5.32 Å². The van der Waals surface area contributed by atoms with Crippen LogP contribution in [-0.2, 0) is 11.2 Å². The lowest BCUT2D eigenvalue weighted by atomic mass is 9.80. The number of pyridine rings is 1. The SMILES string of the molecule is Cc1cccn2c(CC(=O)N3CC[C@]4(CCCNC4)C3)cnc12. The molecule has 2 aromatic heterocycles. The molecule has 0 unspecified atom stereocenters. The van der Waals surface area contributed by atoms with Gasteiger partial charge in [-0.25, -0.2) is 4.98 Å². The molecule has 0 aromatic carbocycles. The van der Waals surface area contributed by atoms with Crippen molar-refractivity contribution in [1.29, 1.82) is 0 Å². The van der Waals surface area contributed by atoms with Crippen LogP contribution in [0.2, 0.25) is 0 Å². The van der Waals surface area contributed by atoms with Gasteiger partial charge in [-0.3, -0.25) is 4.79 Å². The first-order valence-corrected chi connectivity index (χ1v) is 8.57. The molecule has 1 spiro atoms. The molecule has 4 heterocycles. The van der Waals surface area contributed by atoms with Crippen molar-refractivity contribution in [2.24, 2.45) is 5.41 Å². The predicted octanol–water partition coefficient (Wildman–Crippen LogP) is 1.79. The van der Waals surface area contributed by atoms with Crippen molar-refractivity contribution in [3.8, 4) is 0 Å². The Balaban J connectivity index is 1.48. The van der Waals surface area contributed by atoms with Crippen LogP contribution in [0.15, 0.2) is 24.5 Å². The molecule has 2 aromatic rings. The number of hydrogen-bond donors (Lipinski definition) is 1. The Morgan fingerprint density at radius 3 is 3.17 bits per heavy atom. The summed E-state index contributed by atoms with van der Waals surface area (Å²) in [5.41, 5.74) is 3.39. The van der Waals surface area contributed by atoms with Gasteiger partial charge < -0.3 is 14.6 Å². The van der Waals surface area contributed by atoms with E-state index in [1.54, 1.807) is 0 Å². The Morgan fingerprint density at radius 1 is 1.43 bits per heavy atom. The number of rotatable bonds is 2. The fraction of sp³-hybridized carbons (Fsp3) is 0.556. The van der Waals surface area contributed by atoms with Crippen LogP contribution in [0.5, 0.6) is 0 Å². The first kappa shape index (κ1) is 14.7. The minimum Gasteiger partial charge on any atom is -0.342 e. The van der Waals surface area contributed by atoms with Gasteiger partial charge in [0.25, 0.3) is 0 Å². The summed E-state index contributed by atoms with van der Waals surface area (Å²) in [6, 6.07) is 4.06. The maximum absolute atomic E-state index is 12.7. The molecule has 1 amide bonds. The molecule has 5 nitrogen and oxygen atoms in total. The molecule has 23 heavy (non-hydrogen) atoms. The minimum absolute atomic E-state index is 0.232. The van der Waals surface area contributed by atoms with E-state index < -0.39 is 0 Å². The highest BCUT2D eigenvalue weighted by Crippen LogP contribution is 2.36. The maximum atomic E-state index is 12.7. The van der Waals surface area contributed by atoms with Gasteiger partial charge >= 0.3 is 0 Å². The summed E-state index contributed by atoms with van der Waals surface area (Å²) in [5.74, 6) is 0.232. The van der Waals surface area contributed by atoms with Gasteiger partial charge in [-0.05, 0) is 44.4 Å². The van der Waals surface area contributed by atoms with Gasteiger partial charge in [-0.1, -0.05) is 6.07 Å². The van der Waals surface area contributed by atoms with Gasteiger partial charge in [-0.15, -0.1) is 0 Å². The average molecular weight is 312 g/mol. The van der Waals surface area contributed by atoms with E-state index in [0.29, 0.717) is 11.8 Å². The number of amides is 1. The normalized spacial score (nSPS) is 24.7. The predicted molar refractivity (Wildman–Crippen MR) is 89.4 cm³/mol. The molecule has 0 bridgehead atoms. The van der Waals surface area contributed by atoms with Crippen molar-refractivity contribution in [2.45, 2.75) is 32.6 Å². The molecule has 1 atom stereocenters. The number of imidazole rings is 1. The van der Waals surface area contributed by atoms with E-state index in [9.17, 15) is 4.79 Å². The van der Waals surface area contributed by atoms with E-state index in [-0.39, 0.29) is 5.91 Å². The third-order valence-electron chi connectivity index (χ3n) is 5.49. The van der Waals surface area contributed by atoms with Gasteiger partial charge in [0.15, 0.2) is 0 Å². The van der Waals surface area contributed by atoms with E-state index in [1.165, 1.54) is 12.8 Å². The molecular formula is C18H24N4O. The summed E-state index contributed by atoms with van der Waals surface area (Å²) >= 11 is 0. The summed E-state index contributed by atoms with van der Waals surface area (Å²) in [6.45, 7) is 6.04. The summed E-state index contributed by atoms with van der Waals surface area (Å²) in [6.07, 6.45) is 7.89. The van der Waals surface area contributed by atoms with E-state index in [2.05, 4.69) is 15.2 Å². The molecule has 0 aliphatic carbocycles. The first-order valence-electron chi connectivity index (χ1n) is 8.57. The van der Waals surface area contributed by atoms with Gasteiger partial charge in [0.05, 0.1) is 12.1 Å². The highest BCUT2D eigenvalue weighted by Gasteiger charge is 2.40. The molecule has 5 heteroatoms. The van der Waals surface area contributed by atoms with E-state index in [0.717, 1.165) is 49.5 Å². The number of nitrogens with one attached hydrogen (secondary N) is 1. The van der Waals surface area contributed by atoms with Gasteiger partial charge in [0, 0.05) is 37.4 Å². The van der Waals surface area contributed by atoms with Crippen LogP contribution >= 0.6 is 0 Å². The van der Waals surface area contributed by atoms with E-state index >= 15 is 0 Å². The van der Waals surface area contributed by atoms with Gasteiger partial charge in [-0.2, -0.15) is 0 Å². The van der Waals surface area contributed by atoms with Crippen LogP contribution in [0.25, 0.3) is 5.65 Å². The van der Waals surface area contributed by atoms with Crippen molar-refractivity contribution in [3.05, 3.63) is 35.8 Å². The Bertz CT molecular complexity index is 730. The third-order valence-corrected chi connectivity index (χ3v) is 5.49. The minimum atomic E-state index is 0.232. The number of piperidine rings is 1. The number of carbonyl (C=O) groups excluding carboxylic acids is 1. The van der Waals surface area contributed by atoms with Crippen LogP contribution in [0, 0.1) is 12.3 Å². The summed E-state index contributed by atoms with van der Waals surface area (Å²) in [7, 11) is 0. The van der Waals surface area contributed by atoms with Crippen molar-refractivity contribution in [2.75, 3.05) is 26.2 Å². The lowest BCUT2D eigenvalue weighted by Crippen LogP contribution is -2.43. The highest BCUT2D eigenvalue weighted by atomic mass is 16.2. The molecule has 4 rings (SSSR count). The smallest absolute Gasteiger partial charge is 0.228 e. The number of nitrogens with zero attached hydrogens (tertiary/aromatic N) is 3. The maximum Gasteiger partial charge on any atom is 0.228 e. The molecule has 122 valence electrons. The lowest BCUT2D eigenvalue weighted by molar-refractivity contribution is -0.130. The number of likely N-dealkylation sites (tertiary alicyclic amines) is 1. The monoisotopic (exact) mass is 312 g/mol. The van der Waals surface area contributed by atoms with Crippen LogP contribution in [0.3, 0.4) is 0 Å². The zero-order valence-electron chi connectivity index (χ0n) is 13.7. The third kappa shape index (κ3) is 2.63. The second kappa shape index (κ2) is 5.64. The first-order chi connectivity index (χ1) is 11.2. The number of fused-ring (bicyclic) bond motifs is 1. The standard InChI is InChI=1S/C18H24N4O/c1-14-4-2-8-22-15(11-20-17(14)22)10-16(23)21-9-6-18(13-21)5-3-7-19-12-18/h2,4,8,11,19H,3,5-7,9-10,12-13H2,1H3/t18-/m0/s1. The molecule has 2 fully saturated rings. The summed E-state index contributed by atoms with van der Waals surface area (Å²) in [4.78, 5) is 19.3.